The Balaban J connectivity index is 3.57. The predicted molar refractivity (Wildman–Crippen MR) is 45.9 cm³/mol. The van der Waals surface area contributed by atoms with E-state index in [9.17, 15) is 4.79 Å². The molecule has 0 spiro atoms. The van der Waals surface area contributed by atoms with Crippen LogP contribution in [0.3, 0.4) is 0 Å². The standard InChI is InChI=1S/C5H9Br2NO2/c1-3-4(2)10-5(9)8(6)7/h4H,3H2,1-2H3. The van der Waals surface area contributed by atoms with E-state index in [4.69, 9.17) is 4.74 Å². The molecule has 1 atom stereocenters. The monoisotopic (exact) mass is 273 g/mol. The van der Waals surface area contributed by atoms with Crippen molar-refractivity contribution in [3.05, 3.63) is 0 Å². The van der Waals surface area contributed by atoms with E-state index in [1.54, 1.807) is 0 Å². The molecule has 0 aliphatic heterocycles. The van der Waals surface area contributed by atoms with Gasteiger partial charge in [0.25, 0.3) is 0 Å². The first-order valence-corrected chi connectivity index (χ1v) is 4.32. The number of ether oxygens (including phenoxy) is 1. The lowest BCUT2D eigenvalue weighted by atomic mass is 10.3. The molecule has 3 nitrogen and oxygen atoms in total. The molecule has 1 unspecified atom stereocenters. The van der Waals surface area contributed by atoms with Crippen molar-refractivity contribution >= 4 is 38.4 Å². The highest BCUT2D eigenvalue weighted by Crippen LogP contribution is 2.10. The molecular formula is C5H9Br2NO2. The van der Waals surface area contributed by atoms with Crippen LogP contribution in [0, 0.1) is 0 Å². The van der Waals surface area contributed by atoms with E-state index in [0.717, 1.165) is 9.37 Å². The van der Waals surface area contributed by atoms with E-state index < -0.39 is 6.09 Å². The van der Waals surface area contributed by atoms with Gasteiger partial charge in [-0.1, -0.05) is 6.92 Å². The fourth-order valence-corrected chi connectivity index (χ4v) is 0.462. The van der Waals surface area contributed by atoms with Crippen molar-refractivity contribution in [2.75, 3.05) is 0 Å². The minimum Gasteiger partial charge on any atom is -0.445 e. The molecule has 60 valence electrons. The molecular weight excluding hydrogens is 266 g/mol. The van der Waals surface area contributed by atoms with Crippen LogP contribution in [0.2, 0.25) is 0 Å². The maximum absolute atomic E-state index is 10.7. The van der Waals surface area contributed by atoms with Crippen molar-refractivity contribution in [3.8, 4) is 0 Å². The predicted octanol–water partition coefficient (Wildman–Crippen LogP) is 2.84. The van der Waals surface area contributed by atoms with Crippen LogP contribution in [0.5, 0.6) is 0 Å². The number of nitrogens with zero attached hydrogens (tertiary/aromatic N) is 1. The molecule has 0 heterocycles. The van der Waals surface area contributed by atoms with Gasteiger partial charge in [-0.25, -0.2) is 4.79 Å². The Hall–Kier alpha value is 0.230. The second kappa shape index (κ2) is 4.96. The lowest BCUT2D eigenvalue weighted by molar-refractivity contribution is 0.103. The summed E-state index contributed by atoms with van der Waals surface area (Å²) >= 11 is 5.75. The Bertz CT molecular complexity index is 118. The summed E-state index contributed by atoms with van der Waals surface area (Å²) in [5, 5.41) is 0. The molecule has 0 aromatic rings. The van der Waals surface area contributed by atoms with Crippen LogP contribution in [-0.4, -0.2) is 15.1 Å². The smallest absolute Gasteiger partial charge is 0.430 e. The highest BCUT2D eigenvalue weighted by molar-refractivity contribution is 9.21. The molecule has 0 bridgehead atoms. The highest BCUT2D eigenvalue weighted by atomic mass is 79.9. The van der Waals surface area contributed by atoms with Gasteiger partial charge in [0.1, 0.15) is 6.10 Å². The van der Waals surface area contributed by atoms with Gasteiger partial charge in [-0.2, -0.15) is 2.95 Å². The van der Waals surface area contributed by atoms with Crippen LogP contribution < -0.4 is 0 Å². The summed E-state index contributed by atoms with van der Waals surface area (Å²) in [5.74, 6) is 0. The molecule has 1 amide bonds. The molecule has 0 aromatic carbocycles. The Labute approximate surface area is 77.4 Å². The third-order valence-corrected chi connectivity index (χ3v) is 1.59. The summed E-state index contributed by atoms with van der Waals surface area (Å²) in [5.41, 5.74) is 0. The molecule has 0 aromatic heterocycles. The second-order valence-corrected chi connectivity index (χ2v) is 4.21. The molecule has 0 aliphatic carbocycles. The van der Waals surface area contributed by atoms with Crippen LogP contribution in [0.4, 0.5) is 4.79 Å². The summed E-state index contributed by atoms with van der Waals surface area (Å²) in [7, 11) is 0. The van der Waals surface area contributed by atoms with Crippen LogP contribution >= 0.6 is 32.3 Å². The Morgan fingerprint density at radius 2 is 2.20 bits per heavy atom. The molecule has 0 saturated heterocycles. The summed E-state index contributed by atoms with van der Waals surface area (Å²) in [6.45, 7) is 3.78. The summed E-state index contributed by atoms with van der Waals surface area (Å²) in [4.78, 5) is 10.7. The lowest BCUT2D eigenvalue weighted by Gasteiger charge is -2.11. The maximum atomic E-state index is 10.7. The Morgan fingerprint density at radius 1 is 1.70 bits per heavy atom. The van der Waals surface area contributed by atoms with Gasteiger partial charge in [-0.05, 0) is 13.3 Å². The van der Waals surface area contributed by atoms with E-state index >= 15 is 0 Å². The topological polar surface area (TPSA) is 29.5 Å². The molecule has 0 rings (SSSR count). The molecule has 5 heteroatoms. The minimum atomic E-state index is -0.436. The van der Waals surface area contributed by atoms with Crippen LogP contribution in [0.1, 0.15) is 20.3 Å². The number of carbonyl (C=O) groups excluding carboxylic acids is 1. The van der Waals surface area contributed by atoms with Gasteiger partial charge in [0.05, 0.1) is 32.3 Å². The van der Waals surface area contributed by atoms with Crippen molar-refractivity contribution in [3.63, 3.8) is 0 Å². The van der Waals surface area contributed by atoms with Gasteiger partial charge in [0.15, 0.2) is 0 Å². The average molecular weight is 275 g/mol. The largest absolute Gasteiger partial charge is 0.445 e. The summed E-state index contributed by atoms with van der Waals surface area (Å²) < 4.78 is 5.90. The molecule has 10 heavy (non-hydrogen) atoms. The van der Waals surface area contributed by atoms with Crippen molar-refractivity contribution < 1.29 is 9.53 Å². The highest BCUT2D eigenvalue weighted by Gasteiger charge is 2.11. The first kappa shape index (κ1) is 10.2. The zero-order valence-corrected chi connectivity index (χ0v) is 8.98. The molecule has 0 radical (unpaired) electrons. The van der Waals surface area contributed by atoms with E-state index in [1.807, 2.05) is 13.8 Å². The van der Waals surface area contributed by atoms with Crippen molar-refractivity contribution in [2.45, 2.75) is 26.4 Å². The van der Waals surface area contributed by atoms with Crippen molar-refractivity contribution in [1.29, 1.82) is 0 Å². The van der Waals surface area contributed by atoms with Crippen molar-refractivity contribution in [2.24, 2.45) is 0 Å². The van der Waals surface area contributed by atoms with Crippen molar-refractivity contribution in [1.82, 2.24) is 2.95 Å². The second-order valence-electron chi connectivity index (χ2n) is 1.84. The molecule has 0 saturated carbocycles. The number of halogens is 2. The SMILES string of the molecule is CCC(C)OC(=O)N(Br)Br. The first-order chi connectivity index (χ1) is 4.57. The van der Waals surface area contributed by atoms with Crippen LogP contribution in [-0.2, 0) is 4.74 Å². The average Bonchev–Trinajstić information content (AvgIpc) is 1.87. The molecule has 0 N–H and O–H groups in total. The van der Waals surface area contributed by atoms with Gasteiger partial charge in [0, 0.05) is 0 Å². The lowest BCUT2D eigenvalue weighted by Crippen LogP contribution is -2.18. The van der Waals surface area contributed by atoms with E-state index in [1.165, 1.54) is 0 Å². The first-order valence-electron chi connectivity index (χ1n) is 2.90. The Kier molecular flexibility index (Phi) is 5.07. The number of amides is 1. The zero-order chi connectivity index (χ0) is 8.15. The normalized spacial score (nSPS) is 12.4. The summed E-state index contributed by atoms with van der Waals surface area (Å²) in [6, 6.07) is 0. The maximum Gasteiger partial charge on any atom is 0.430 e. The van der Waals surface area contributed by atoms with E-state index in [0.29, 0.717) is 0 Å². The quantitative estimate of drug-likeness (QED) is 0.725. The van der Waals surface area contributed by atoms with Gasteiger partial charge in [-0.3, -0.25) is 0 Å². The summed E-state index contributed by atoms with van der Waals surface area (Å²) in [6.07, 6.45) is 0.346. The number of carbonyl (C=O) groups is 1. The Morgan fingerprint density at radius 3 is 2.50 bits per heavy atom. The van der Waals surface area contributed by atoms with Gasteiger partial charge in [-0.15, -0.1) is 0 Å². The molecule has 0 aliphatic rings. The zero-order valence-electron chi connectivity index (χ0n) is 5.80. The van der Waals surface area contributed by atoms with Gasteiger partial charge < -0.3 is 4.74 Å². The molecule has 0 fully saturated rings. The fraction of sp³-hybridized carbons (Fsp3) is 0.800. The van der Waals surface area contributed by atoms with Gasteiger partial charge >= 0.3 is 6.09 Å². The van der Waals surface area contributed by atoms with E-state index in [2.05, 4.69) is 32.3 Å². The minimum absolute atomic E-state index is 0.0369. The number of rotatable bonds is 2. The number of hydrogen-bond acceptors (Lipinski definition) is 2. The number of hydrogen-bond donors (Lipinski definition) is 0. The van der Waals surface area contributed by atoms with E-state index in [-0.39, 0.29) is 6.10 Å². The van der Waals surface area contributed by atoms with Gasteiger partial charge in [0.2, 0.25) is 0 Å². The van der Waals surface area contributed by atoms with Crippen LogP contribution in [0.25, 0.3) is 0 Å². The van der Waals surface area contributed by atoms with Crippen LogP contribution in [0.15, 0.2) is 0 Å². The third kappa shape index (κ3) is 4.11. The fourth-order valence-electron chi connectivity index (χ4n) is 0.295. The third-order valence-electron chi connectivity index (χ3n) is 1.01.